The van der Waals surface area contributed by atoms with Gasteiger partial charge in [-0.3, -0.25) is 9.59 Å². The van der Waals surface area contributed by atoms with Crippen molar-refractivity contribution in [2.24, 2.45) is 0 Å². The van der Waals surface area contributed by atoms with E-state index < -0.39 is 23.6 Å². The topological polar surface area (TPSA) is 49.9 Å². The second-order valence-corrected chi connectivity index (χ2v) is 9.40. The van der Waals surface area contributed by atoms with E-state index in [2.05, 4.69) is 0 Å². The number of halogens is 2. The van der Waals surface area contributed by atoms with Crippen molar-refractivity contribution in [2.75, 3.05) is 19.7 Å². The predicted molar refractivity (Wildman–Crippen MR) is 127 cm³/mol. The summed E-state index contributed by atoms with van der Waals surface area (Å²) in [6.45, 7) is 3.92. The van der Waals surface area contributed by atoms with Gasteiger partial charge in [-0.25, -0.2) is 8.78 Å². The molecule has 0 unspecified atom stereocenters. The molecule has 0 saturated heterocycles. The van der Waals surface area contributed by atoms with Crippen LogP contribution in [0.3, 0.4) is 0 Å². The fourth-order valence-electron chi connectivity index (χ4n) is 4.12. The first-order valence-electron chi connectivity index (χ1n) is 11.2. The monoisotopic (exact) mass is 484 g/mol. The first-order valence-corrected chi connectivity index (χ1v) is 12.0. The summed E-state index contributed by atoms with van der Waals surface area (Å²) in [7, 11) is 0. The summed E-state index contributed by atoms with van der Waals surface area (Å²) in [5, 5.41) is 1.97. The highest BCUT2D eigenvalue weighted by molar-refractivity contribution is 7.10. The molecular weight excluding hydrogens is 458 g/mol. The van der Waals surface area contributed by atoms with E-state index in [1.807, 2.05) is 11.4 Å². The highest BCUT2D eigenvalue weighted by atomic mass is 32.1. The molecule has 0 spiro atoms. The van der Waals surface area contributed by atoms with Gasteiger partial charge in [-0.15, -0.1) is 11.3 Å². The third kappa shape index (κ3) is 4.97. The number of benzene rings is 2. The molecule has 3 aromatic rings. The number of carbonyl (C=O) groups is 2. The number of hydrogen-bond acceptors (Lipinski definition) is 4. The van der Waals surface area contributed by atoms with Crippen LogP contribution in [0, 0.1) is 11.6 Å². The smallest absolute Gasteiger partial charge is 0.257 e. The summed E-state index contributed by atoms with van der Waals surface area (Å²) in [5.41, 5.74) is 0.902. The van der Waals surface area contributed by atoms with Crippen molar-refractivity contribution < 1.29 is 23.1 Å². The number of fused-ring (bicyclic) bond motifs is 1. The Bertz CT molecular complexity index is 1180. The standard InChI is InChI=1S/C26H26F2N2O3S/c1-17(2)30(26(32)18-7-3-4-8-20(18)27)15-25(31)29-13-11-24-19(12-14-34-24)22(29)16-33-23-10-6-5-9-21(23)28/h3-10,12,14,17,22H,11,13,15-16H2,1-2H3/t22-/m1/s1. The average molecular weight is 485 g/mol. The van der Waals surface area contributed by atoms with Crippen LogP contribution in [0.4, 0.5) is 8.78 Å². The Kier molecular flexibility index (Phi) is 7.26. The Morgan fingerprint density at radius 1 is 1.09 bits per heavy atom. The Balaban J connectivity index is 1.55. The largest absolute Gasteiger partial charge is 0.488 e. The number of carbonyl (C=O) groups excluding carboxylic acids is 2. The fourth-order valence-corrected chi connectivity index (χ4v) is 5.05. The molecule has 0 aliphatic carbocycles. The van der Waals surface area contributed by atoms with Crippen molar-refractivity contribution >= 4 is 23.2 Å². The summed E-state index contributed by atoms with van der Waals surface area (Å²) in [6.07, 6.45) is 0.692. The molecule has 178 valence electrons. The molecule has 2 amide bonds. The minimum Gasteiger partial charge on any atom is -0.488 e. The van der Waals surface area contributed by atoms with Crippen LogP contribution in [0.5, 0.6) is 5.75 Å². The predicted octanol–water partition coefficient (Wildman–Crippen LogP) is 5.08. The van der Waals surface area contributed by atoms with Crippen LogP contribution in [0.2, 0.25) is 0 Å². The first-order chi connectivity index (χ1) is 16.4. The van der Waals surface area contributed by atoms with Crippen molar-refractivity contribution in [1.82, 2.24) is 9.80 Å². The summed E-state index contributed by atoms with van der Waals surface area (Å²) < 4.78 is 34.1. The zero-order valence-corrected chi connectivity index (χ0v) is 19.9. The zero-order valence-electron chi connectivity index (χ0n) is 19.0. The van der Waals surface area contributed by atoms with Crippen molar-refractivity contribution in [3.63, 3.8) is 0 Å². The van der Waals surface area contributed by atoms with Crippen molar-refractivity contribution in [2.45, 2.75) is 32.4 Å². The van der Waals surface area contributed by atoms with E-state index in [-0.39, 0.29) is 36.4 Å². The Hall–Kier alpha value is -3.26. The SMILES string of the molecule is CC(C)N(CC(=O)N1CCc2sccc2[C@H]1COc1ccccc1F)C(=O)c1ccccc1F. The Labute approximate surface area is 201 Å². The molecule has 1 aliphatic rings. The number of amides is 2. The lowest BCUT2D eigenvalue weighted by Gasteiger charge is -2.37. The van der Waals surface area contributed by atoms with Crippen molar-refractivity contribution in [3.8, 4) is 5.75 Å². The van der Waals surface area contributed by atoms with Gasteiger partial charge in [0.05, 0.1) is 11.6 Å². The van der Waals surface area contributed by atoms with Crippen LogP contribution >= 0.6 is 11.3 Å². The summed E-state index contributed by atoms with van der Waals surface area (Å²) in [6, 6.07) is 13.1. The van der Waals surface area contributed by atoms with E-state index in [1.54, 1.807) is 54.3 Å². The Morgan fingerprint density at radius 2 is 1.79 bits per heavy atom. The highest BCUT2D eigenvalue weighted by Gasteiger charge is 2.34. The van der Waals surface area contributed by atoms with E-state index in [4.69, 9.17) is 4.74 Å². The van der Waals surface area contributed by atoms with Crippen molar-refractivity contribution in [1.29, 1.82) is 0 Å². The van der Waals surface area contributed by atoms with E-state index in [0.717, 1.165) is 10.4 Å². The van der Waals surface area contributed by atoms with Gasteiger partial charge in [-0.05, 0) is 61.5 Å². The van der Waals surface area contributed by atoms with Crippen molar-refractivity contribution in [3.05, 3.63) is 87.6 Å². The average Bonchev–Trinajstić information content (AvgIpc) is 3.30. The molecule has 34 heavy (non-hydrogen) atoms. The minimum atomic E-state index is -0.623. The number of ether oxygens (including phenoxy) is 1. The lowest BCUT2D eigenvalue weighted by atomic mass is 10.00. The molecule has 0 radical (unpaired) electrons. The molecule has 1 aliphatic heterocycles. The third-order valence-corrected chi connectivity index (χ3v) is 6.94. The van der Waals surface area contributed by atoms with Gasteiger partial charge in [-0.2, -0.15) is 0 Å². The third-order valence-electron chi connectivity index (χ3n) is 5.94. The normalized spacial score (nSPS) is 15.2. The van der Waals surface area contributed by atoms with E-state index in [1.165, 1.54) is 29.2 Å². The molecule has 4 rings (SSSR count). The lowest BCUT2D eigenvalue weighted by molar-refractivity contribution is -0.136. The summed E-state index contributed by atoms with van der Waals surface area (Å²) in [5.74, 6) is -1.77. The molecular formula is C26H26F2N2O3S. The van der Waals surface area contributed by atoms with E-state index in [9.17, 15) is 18.4 Å². The van der Waals surface area contributed by atoms with Gasteiger partial charge in [-0.1, -0.05) is 24.3 Å². The molecule has 1 aromatic heterocycles. The molecule has 1 atom stereocenters. The van der Waals surface area contributed by atoms with Crippen LogP contribution in [-0.2, 0) is 11.2 Å². The van der Waals surface area contributed by atoms with Crippen LogP contribution in [0.15, 0.2) is 60.0 Å². The van der Waals surface area contributed by atoms with Gasteiger partial charge in [0.25, 0.3) is 5.91 Å². The minimum absolute atomic E-state index is 0.0674. The zero-order chi connectivity index (χ0) is 24.2. The van der Waals surface area contributed by atoms with Crippen LogP contribution in [-0.4, -0.2) is 47.4 Å². The summed E-state index contributed by atoms with van der Waals surface area (Å²) in [4.78, 5) is 30.7. The van der Waals surface area contributed by atoms with Crippen LogP contribution < -0.4 is 4.74 Å². The second kappa shape index (κ2) is 10.3. The van der Waals surface area contributed by atoms with E-state index >= 15 is 0 Å². The molecule has 0 bridgehead atoms. The fraction of sp³-hybridized carbons (Fsp3) is 0.308. The molecule has 8 heteroatoms. The number of thiophene rings is 1. The lowest BCUT2D eigenvalue weighted by Crippen LogP contribution is -2.49. The van der Waals surface area contributed by atoms with Crippen LogP contribution in [0.25, 0.3) is 0 Å². The van der Waals surface area contributed by atoms with Gasteiger partial charge in [0, 0.05) is 17.5 Å². The quantitative estimate of drug-likeness (QED) is 0.470. The number of nitrogens with zero attached hydrogens (tertiary/aromatic N) is 2. The van der Waals surface area contributed by atoms with Gasteiger partial charge in [0.15, 0.2) is 11.6 Å². The van der Waals surface area contributed by atoms with E-state index in [0.29, 0.717) is 13.0 Å². The summed E-state index contributed by atoms with van der Waals surface area (Å²) >= 11 is 1.62. The number of hydrogen-bond donors (Lipinski definition) is 0. The maximum absolute atomic E-state index is 14.3. The maximum Gasteiger partial charge on any atom is 0.257 e. The van der Waals surface area contributed by atoms with Gasteiger partial charge >= 0.3 is 0 Å². The van der Waals surface area contributed by atoms with Gasteiger partial charge in [0.1, 0.15) is 19.0 Å². The molecule has 0 fully saturated rings. The maximum atomic E-state index is 14.3. The Morgan fingerprint density at radius 3 is 2.50 bits per heavy atom. The number of rotatable bonds is 7. The molecule has 2 aromatic carbocycles. The van der Waals surface area contributed by atoms with Crippen LogP contribution in [0.1, 0.15) is 40.7 Å². The highest BCUT2D eigenvalue weighted by Crippen LogP contribution is 2.34. The van der Waals surface area contributed by atoms with Gasteiger partial charge in [0.2, 0.25) is 5.91 Å². The van der Waals surface area contributed by atoms with Gasteiger partial charge < -0.3 is 14.5 Å². The molecule has 0 N–H and O–H groups in total. The molecule has 2 heterocycles. The molecule has 0 saturated carbocycles. The second-order valence-electron chi connectivity index (χ2n) is 8.40. The first kappa shape index (κ1) is 23.9. The molecule has 5 nitrogen and oxygen atoms in total. The number of para-hydroxylation sites is 1.